The van der Waals surface area contributed by atoms with Crippen LogP contribution >= 0.6 is 0 Å². The lowest BCUT2D eigenvalue weighted by atomic mass is 10.1. The Bertz CT molecular complexity index is 745. The first-order chi connectivity index (χ1) is 11.6. The average molecular weight is 326 g/mol. The van der Waals surface area contributed by atoms with Crippen LogP contribution in [0.25, 0.3) is 0 Å². The van der Waals surface area contributed by atoms with E-state index >= 15 is 0 Å². The smallest absolute Gasteiger partial charge is 0.326 e. The highest BCUT2D eigenvalue weighted by molar-refractivity contribution is 6.03. The van der Waals surface area contributed by atoms with Crippen LogP contribution in [0.3, 0.4) is 0 Å². The van der Waals surface area contributed by atoms with E-state index in [2.05, 4.69) is 12.2 Å². The van der Waals surface area contributed by atoms with Gasteiger partial charge in [0.05, 0.1) is 25.0 Å². The molecular weight excluding hydrogens is 304 g/mol. The van der Waals surface area contributed by atoms with E-state index in [1.165, 1.54) is 0 Å². The molecule has 24 heavy (non-hydrogen) atoms. The van der Waals surface area contributed by atoms with Gasteiger partial charge in [-0.05, 0) is 43.2 Å². The topological polar surface area (TPSA) is 50.8 Å². The Hall–Kier alpha value is -2.69. The quantitative estimate of drug-likeness (QED) is 0.919. The number of anilines is 2. The molecule has 0 spiro atoms. The number of methoxy groups -OCH3 is 1. The van der Waals surface area contributed by atoms with Crippen LogP contribution in [0.1, 0.15) is 18.9 Å². The number of ether oxygens (including phenoxy) is 2. The SMILES string of the molecule is CCC1CN(C(=O)Nc2ccccc2OC)c2cc(C)ccc2O1. The third-order valence-corrected chi connectivity index (χ3v) is 4.13. The maximum atomic E-state index is 12.9. The number of rotatable bonds is 3. The summed E-state index contributed by atoms with van der Waals surface area (Å²) in [4.78, 5) is 14.6. The Kier molecular flexibility index (Phi) is 4.60. The number of hydrogen-bond acceptors (Lipinski definition) is 3. The number of benzene rings is 2. The number of carbonyl (C=O) groups is 1. The van der Waals surface area contributed by atoms with Crippen LogP contribution in [0.5, 0.6) is 11.5 Å². The van der Waals surface area contributed by atoms with Gasteiger partial charge in [0.2, 0.25) is 0 Å². The molecule has 0 saturated carbocycles. The van der Waals surface area contributed by atoms with Gasteiger partial charge < -0.3 is 14.8 Å². The van der Waals surface area contributed by atoms with Crippen molar-refractivity contribution in [3.8, 4) is 11.5 Å². The van der Waals surface area contributed by atoms with Crippen molar-refractivity contribution in [3.63, 3.8) is 0 Å². The molecule has 0 aliphatic carbocycles. The summed E-state index contributed by atoms with van der Waals surface area (Å²) in [5, 5.41) is 2.94. The van der Waals surface area contributed by atoms with E-state index in [9.17, 15) is 4.79 Å². The van der Waals surface area contributed by atoms with Gasteiger partial charge >= 0.3 is 6.03 Å². The molecule has 1 unspecified atom stereocenters. The van der Waals surface area contributed by atoms with E-state index in [1.54, 1.807) is 12.0 Å². The second kappa shape index (κ2) is 6.83. The molecule has 5 heteroatoms. The minimum Gasteiger partial charge on any atom is -0.495 e. The van der Waals surface area contributed by atoms with Gasteiger partial charge in [0.1, 0.15) is 17.6 Å². The van der Waals surface area contributed by atoms with Gasteiger partial charge in [-0.15, -0.1) is 0 Å². The largest absolute Gasteiger partial charge is 0.495 e. The van der Waals surface area contributed by atoms with E-state index in [0.717, 1.165) is 23.4 Å². The Balaban J connectivity index is 1.90. The van der Waals surface area contributed by atoms with E-state index in [4.69, 9.17) is 9.47 Å². The van der Waals surface area contributed by atoms with Crippen molar-refractivity contribution in [1.29, 1.82) is 0 Å². The van der Waals surface area contributed by atoms with Crippen LogP contribution in [0.2, 0.25) is 0 Å². The van der Waals surface area contributed by atoms with Gasteiger partial charge in [0.15, 0.2) is 0 Å². The molecule has 1 atom stereocenters. The third kappa shape index (κ3) is 3.15. The van der Waals surface area contributed by atoms with Gasteiger partial charge in [-0.25, -0.2) is 4.79 Å². The van der Waals surface area contributed by atoms with E-state index in [-0.39, 0.29) is 12.1 Å². The molecular formula is C19H22N2O3. The second-order valence-electron chi connectivity index (χ2n) is 5.86. The van der Waals surface area contributed by atoms with Crippen LogP contribution in [-0.4, -0.2) is 25.8 Å². The number of hydrogen-bond donors (Lipinski definition) is 1. The normalized spacial score (nSPS) is 16.1. The monoisotopic (exact) mass is 326 g/mol. The molecule has 1 aliphatic heterocycles. The summed E-state index contributed by atoms with van der Waals surface area (Å²) in [6.45, 7) is 4.58. The van der Waals surface area contributed by atoms with Gasteiger partial charge in [-0.3, -0.25) is 4.90 Å². The summed E-state index contributed by atoms with van der Waals surface area (Å²) < 4.78 is 11.3. The first-order valence-electron chi connectivity index (χ1n) is 8.11. The third-order valence-electron chi connectivity index (χ3n) is 4.13. The maximum absolute atomic E-state index is 12.9. The van der Waals surface area contributed by atoms with Gasteiger partial charge in [-0.1, -0.05) is 25.1 Å². The zero-order valence-electron chi connectivity index (χ0n) is 14.2. The summed E-state index contributed by atoms with van der Waals surface area (Å²) in [5.74, 6) is 1.38. The van der Waals surface area contributed by atoms with Crippen molar-refractivity contribution in [1.82, 2.24) is 0 Å². The lowest BCUT2D eigenvalue weighted by Crippen LogP contribution is -2.45. The number of fused-ring (bicyclic) bond motifs is 1. The number of carbonyl (C=O) groups excluding carboxylic acids is 1. The summed E-state index contributed by atoms with van der Waals surface area (Å²) >= 11 is 0. The number of para-hydroxylation sites is 2. The predicted molar refractivity (Wildman–Crippen MR) is 95.2 cm³/mol. The number of aryl methyl sites for hydroxylation is 1. The maximum Gasteiger partial charge on any atom is 0.326 e. The Morgan fingerprint density at radius 1 is 1.33 bits per heavy atom. The van der Waals surface area contributed by atoms with E-state index in [0.29, 0.717) is 18.0 Å². The number of nitrogens with zero attached hydrogens (tertiary/aromatic N) is 1. The van der Waals surface area contributed by atoms with Crippen LogP contribution < -0.4 is 19.7 Å². The molecule has 3 rings (SSSR count). The predicted octanol–water partition coefficient (Wildman–Crippen LogP) is 4.21. The standard InChI is InChI=1S/C19H22N2O3/c1-4-14-12-21(16-11-13(2)9-10-18(16)24-14)19(22)20-15-7-5-6-8-17(15)23-3/h5-11,14H,4,12H2,1-3H3,(H,20,22). The van der Waals surface area contributed by atoms with Crippen molar-refractivity contribution in [2.45, 2.75) is 26.4 Å². The lowest BCUT2D eigenvalue weighted by molar-refractivity contribution is 0.188. The highest BCUT2D eigenvalue weighted by Crippen LogP contribution is 2.35. The number of amides is 2. The fourth-order valence-corrected chi connectivity index (χ4v) is 2.79. The van der Waals surface area contributed by atoms with Gasteiger partial charge in [0.25, 0.3) is 0 Å². The summed E-state index contributed by atoms with van der Waals surface area (Å²) in [7, 11) is 1.59. The van der Waals surface area contributed by atoms with Crippen molar-refractivity contribution in [3.05, 3.63) is 48.0 Å². The van der Waals surface area contributed by atoms with Crippen molar-refractivity contribution >= 4 is 17.4 Å². The summed E-state index contributed by atoms with van der Waals surface area (Å²) in [5.41, 5.74) is 2.54. The van der Waals surface area contributed by atoms with Crippen molar-refractivity contribution < 1.29 is 14.3 Å². The second-order valence-corrected chi connectivity index (χ2v) is 5.86. The zero-order chi connectivity index (χ0) is 17.1. The molecule has 0 radical (unpaired) electrons. The van der Waals surface area contributed by atoms with Crippen LogP contribution in [0, 0.1) is 6.92 Å². The first kappa shape index (κ1) is 16.2. The number of nitrogens with one attached hydrogen (secondary N) is 1. The molecule has 2 aromatic carbocycles. The van der Waals surface area contributed by atoms with Crippen LogP contribution in [0.4, 0.5) is 16.2 Å². The van der Waals surface area contributed by atoms with Gasteiger partial charge in [-0.2, -0.15) is 0 Å². The zero-order valence-corrected chi connectivity index (χ0v) is 14.2. The fraction of sp³-hybridized carbons (Fsp3) is 0.316. The van der Waals surface area contributed by atoms with Crippen LogP contribution in [0.15, 0.2) is 42.5 Å². The van der Waals surface area contributed by atoms with Crippen LogP contribution in [-0.2, 0) is 0 Å². The minimum absolute atomic E-state index is 0.0105. The molecule has 2 amide bonds. The highest BCUT2D eigenvalue weighted by Gasteiger charge is 2.29. The molecule has 5 nitrogen and oxygen atoms in total. The Labute approximate surface area is 142 Å². The molecule has 0 saturated heterocycles. The molecule has 0 bridgehead atoms. The Morgan fingerprint density at radius 3 is 2.88 bits per heavy atom. The minimum atomic E-state index is -0.187. The molecule has 0 aromatic heterocycles. The lowest BCUT2D eigenvalue weighted by Gasteiger charge is -2.34. The molecule has 2 aromatic rings. The molecule has 0 fully saturated rings. The molecule has 1 aliphatic rings. The average Bonchev–Trinajstić information content (AvgIpc) is 2.61. The first-order valence-corrected chi connectivity index (χ1v) is 8.11. The van der Waals surface area contributed by atoms with E-state index < -0.39 is 0 Å². The number of urea groups is 1. The Morgan fingerprint density at radius 2 is 2.12 bits per heavy atom. The van der Waals surface area contributed by atoms with Gasteiger partial charge in [0, 0.05) is 0 Å². The molecule has 1 heterocycles. The molecule has 1 N–H and O–H groups in total. The van der Waals surface area contributed by atoms with E-state index in [1.807, 2.05) is 49.4 Å². The molecule has 126 valence electrons. The fourth-order valence-electron chi connectivity index (χ4n) is 2.79. The highest BCUT2D eigenvalue weighted by atomic mass is 16.5. The van der Waals surface area contributed by atoms with Crippen molar-refractivity contribution in [2.24, 2.45) is 0 Å². The van der Waals surface area contributed by atoms with Crippen molar-refractivity contribution in [2.75, 3.05) is 23.9 Å². The summed E-state index contributed by atoms with van der Waals surface area (Å²) in [6.07, 6.45) is 0.829. The summed E-state index contributed by atoms with van der Waals surface area (Å²) in [6, 6.07) is 13.1.